The molecule has 2 bridgehead atoms. The molecule has 0 saturated heterocycles. The van der Waals surface area contributed by atoms with Crippen molar-refractivity contribution < 1.29 is 0 Å². The molecule has 25 heavy (non-hydrogen) atoms. The standard InChI is InChI=1S/C17H27N5O2S/c1-3-4-7-22-14(18)13(15(23)20-16(22)24)21(2)17(25)19-12-9-10-5-6-11(12)8-10/h10-12H,3-9,18H2,1-2H3,(H,19,25)(H,20,23,24)/t10-,11-,12-/m0/s1. The molecule has 8 heteroatoms. The van der Waals surface area contributed by atoms with Gasteiger partial charge in [0, 0.05) is 19.6 Å². The second-order valence-electron chi connectivity index (χ2n) is 7.29. The van der Waals surface area contributed by atoms with Crippen LogP contribution in [0.2, 0.25) is 0 Å². The van der Waals surface area contributed by atoms with Gasteiger partial charge in [0.05, 0.1) is 0 Å². The van der Waals surface area contributed by atoms with Gasteiger partial charge in [-0.3, -0.25) is 14.3 Å². The van der Waals surface area contributed by atoms with Crippen LogP contribution in [0.15, 0.2) is 9.59 Å². The van der Waals surface area contributed by atoms with Gasteiger partial charge in [0.25, 0.3) is 5.56 Å². The maximum Gasteiger partial charge on any atom is 0.330 e. The van der Waals surface area contributed by atoms with Crippen molar-refractivity contribution in [1.82, 2.24) is 14.9 Å². The van der Waals surface area contributed by atoms with Crippen LogP contribution < -0.4 is 27.2 Å². The van der Waals surface area contributed by atoms with Crippen molar-refractivity contribution in [2.24, 2.45) is 11.8 Å². The molecule has 1 aromatic heterocycles. The topological polar surface area (TPSA) is 96.2 Å². The van der Waals surface area contributed by atoms with Gasteiger partial charge in [0.2, 0.25) is 0 Å². The van der Waals surface area contributed by atoms with E-state index in [-0.39, 0.29) is 11.5 Å². The molecular weight excluding hydrogens is 338 g/mol. The summed E-state index contributed by atoms with van der Waals surface area (Å²) >= 11 is 5.51. The van der Waals surface area contributed by atoms with Crippen molar-refractivity contribution >= 4 is 28.8 Å². The fourth-order valence-electron chi connectivity index (χ4n) is 4.22. The van der Waals surface area contributed by atoms with Crippen LogP contribution in [-0.2, 0) is 6.54 Å². The molecule has 4 N–H and O–H groups in total. The molecule has 2 saturated carbocycles. The Hall–Kier alpha value is -1.83. The van der Waals surface area contributed by atoms with Crippen LogP contribution in [0.5, 0.6) is 0 Å². The Morgan fingerprint density at radius 2 is 2.16 bits per heavy atom. The number of anilines is 2. The third-order valence-corrected chi connectivity index (χ3v) is 6.03. The van der Waals surface area contributed by atoms with Gasteiger partial charge >= 0.3 is 5.69 Å². The van der Waals surface area contributed by atoms with Crippen molar-refractivity contribution in [2.45, 2.75) is 58.0 Å². The summed E-state index contributed by atoms with van der Waals surface area (Å²) in [5.41, 5.74) is 5.40. The molecule has 1 heterocycles. The van der Waals surface area contributed by atoms with Gasteiger partial charge in [-0.1, -0.05) is 19.8 Å². The van der Waals surface area contributed by atoms with Gasteiger partial charge in [0.1, 0.15) is 11.5 Å². The first kappa shape index (κ1) is 18.0. The highest BCUT2D eigenvalue weighted by atomic mass is 32.1. The van der Waals surface area contributed by atoms with E-state index >= 15 is 0 Å². The second kappa shape index (κ2) is 7.19. The summed E-state index contributed by atoms with van der Waals surface area (Å²) in [6.07, 6.45) is 6.72. The first-order valence-corrected chi connectivity index (χ1v) is 9.50. The van der Waals surface area contributed by atoms with E-state index < -0.39 is 11.2 Å². The molecule has 0 amide bonds. The van der Waals surface area contributed by atoms with Crippen LogP contribution >= 0.6 is 12.2 Å². The van der Waals surface area contributed by atoms with Crippen LogP contribution in [-0.4, -0.2) is 27.8 Å². The van der Waals surface area contributed by atoms with Gasteiger partial charge < -0.3 is 16.0 Å². The van der Waals surface area contributed by atoms with E-state index in [1.807, 2.05) is 6.92 Å². The van der Waals surface area contributed by atoms with Crippen molar-refractivity contribution in [1.29, 1.82) is 0 Å². The minimum absolute atomic E-state index is 0.168. The lowest BCUT2D eigenvalue weighted by Crippen LogP contribution is -2.47. The number of aromatic nitrogens is 2. The summed E-state index contributed by atoms with van der Waals surface area (Å²) < 4.78 is 1.41. The quantitative estimate of drug-likeness (QED) is 0.683. The van der Waals surface area contributed by atoms with E-state index in [4.69, 9.17) is 18.0 Å². The Kier molecular flexibility index (Phi) is 5.17. The number of H-pyrrole nitrogens is 1. The smallest absolute Gasteiger partial charge is 0.330 e. The fourth-order valence-corrected chi connectivity index (χ4v) is 4.46. The molecule has 0 spiro atoms. The summed E-state index contributed by atoms with van der Waals surface area (Å²) in [4.78, 5) is 28.3. The van der Waals surface area contributed by atoms with Crippen LogP contribution in [0.3, 0.4) is 0 Å². The van der Waals surface area contributed by atoms with E-state index in [1.54, 1.807) is 11.9 Å². The summed E-state index contributed by atoms with van der Waals surface area (Å²) in [7, 11) is 1.72. The molecule has 0 aromatic carbocycles. The molecule has 0 radical (unpaired) electrons. The zero-order chi connectivity index (χ0) is 18.1. The molecular formula is C17H27N5O2S. The number of aromatic amines is 1. The highest BCUT2D eigenvalue weighted by molar-refractivity contribution is 7.80. The summed E-state index contributed by atoms with van der Waals surface area (Å²) in [5, 5.41) is 3.88. The largest absolute Gasteiger partial charge is 0.383 e. The highest BCUT2D eigenvalue weighted by Crippen LogP contribution is 2.44. The molecule has 0 aliphatic heterocycles. The van der Waals surface area contributed by atoms with Crippen LogP contribution in [0.4, 0.5) is 11.5 Å². The average molecular weight is 366 g/mol. The Balaban J connectivity index is 1.81. The first-order valence-electron chi connectivity index (χ1n) is 9.09. The van der Waals surface area contributed by atoms with Crippen molar-refractivity contribution in [3.63, 3.8) is 0 Å². The first-order chi connectivity index (χ1) is 11.9. The molecule has 1 aromatic rings. The van der Waals surface area contributed by atoms with Gasteiger partial charge in [0.15, 0.2) is 5.11 Å². The van der Waals surface area contributed by atoms with Crippen LogP contribution in [0, 0.1) is 11.8 Å². The predicted octanol–water partition coefficient (Wildman–Crippen LogP) is 1.42. The van der Waals surface area contributed by atoms with E-state index in [0.717, 1.165) is 25.2 Å². The summed E-state index contributed by atoms with van der Waals surface area (Å²) in [6.45, 7) is 2.51. The predicted molar refractivity (Wildman–Crippen MR) is 104 cm³/mol. The maximum absolute atomic E-state index is 12.3. The zero-order valence-corrected chi connectivity index (χ0v) is 15.7. The lowest BCUT2D eigenvalue weighted by molar-refractivity contribution is 0.391. The number of hydrogen-bond acceptors (Lipinski definition) is 4. The van der Waals surface area contributed by atoms with E-state index in [2.05, 4.69) is 10.3 Å². The van der Waals surface area contributed by atoms with E-state index in [0.29, 0.717) is 23.6 Å². The van der Waals surface area contributed by atoms with E-state index in [9.17, 15) is 9.59 Å². The zero-order valence-electron chi connectivity index (χ0n) is 14.9. The number of nitrogen functional groups attached to an aromatic ring is 1. The molecule has 2 fully saturated rings. The number of nitrogens with two attached hydrogens (primary N) is 1. The Morgan fingerprint density at radius 3 is 2.76 bits per heavy atom. The minimum atomic E-state index is -0.505. The number of unbranched alkanes of at least 4 members (excludes halogenated alkanes) is 1. The lowest BCUT2D eigenvalue weighted by atomic mass is 9.95. The third-order valence-electron chi connectivity index (χ3n) is 5.64. The van der Waals surface area contributed by atoms with E-state index in [1.165, 1.54) is 23.8 Å². The minimum Gasteiger partial charge on any atom is -0.383 e. The summed E-state index contributed by atoms with van der Waals surface area (Å²) in [5.74, 6) is 1.65. The fraction of sp³-hybridized carbons (Fsp3) is 0.706. The molecule has 138 valence electrons. The normalized spacial score (nSPS) is 24.5. The number of hydrogen-bond donors (Lipinski definition) is 3. The molecule has 3 atom stereocenters. The third kappa shape index (κ3) is 3.44. The van der Waals surface area contributed by atoms with Crippen molar-refractivity contribution in [3.8, 4) is 0 Å². The van der Waals surface area contributed by atoms with Gasteiger partial charge in [-0.05, 0) is 49.7 Å². The molecule has 2 aliphatic rings. The Labute approximate surface area is 152 Å². The van der Waals surface area contributed by atoms with Crippen LogP contribution in [0.1, 0.15) is 45.4 Å². The lowest BCUT2D eigenvalue weighted by Gasteiger charge is -2.29. The number of fused-ring (bicyclic) bond motifs is 2. The number of thiocarbonyl (C=S) groups is 1. The SMILES string of the molecule is CCCCn1c(N)c(N(C)C(=S)N[C@H]2C[C@H]3CC[C@H]2C3)c(=O)[nH]c1=O. The molecule has 2 aliphatic carbocycles. The number of nitrogens with one attached hydrogen (secondary N) is 2. The number of nitrogens with zero attached hydrogens (tertiary/aromatic N) is 2. The molecule has 0 unspecified atom stereocenters. The van der Waals surface area contributed by atoms with Crippen LogP contribution in [0.25, 0.3) is 0 Å². The second-order valence-corrected chi connectivity index (χ2v) is 7.67. The monoisotopic (exact) mass is 365 g/mol. The van der Waals surface area contributed by atoms with Gasteiger partial charge in [-0.25, -0.2) is 4.79 Å². The Morgan fingerprint density at radius 1 is 1.40 bits per heavy atom. The molecule has 7 nitrogen and oxygen atoms in total. The van der Waals surface area contributed by atoms with Gasteiger partial charge in [-0.2, -0.15) is 0 Å². The highest BCUT2D eigenvalue weighted by Gasteiger charge is 2.40. The molecule has 3 rings (SSSR count). The van der Waals surface area contributed by atoms with Crippen molar-refractivity contribution in [3.05, 3.63) is 20.8 Å². The summed E-state index contributed by atoms with van der Waals surface area (Å²) in [6, 6.07) is 0.375. The van der Waals surface area contributed by atoms with Gasteiger partial charge in [-0.15, -0.1) is 0 Å². The van der Waals surface area contributed by atoms with Crippen molar-refractivity contribution in [2.75, 3.05) is 17.7 Å². The average Bonchev–Trinajstić information content (AvgIpc) is 3.17. The Bertz CT molecular complexity index is 771. The number of rotatable bonds is 5. The maximum atomic E-state index is 12.3.